The molecule has 0 amide bonds. The maximum Gasteiger partial charge on any atom is 0.123 e. The third kappa shape index (κ3) is 3.87. The fourth-order valence-electron chi connectivity index (χ4n) is 2.89. The summed E-state index contributed by atoms with van der Waals surface area (Å²) in [7, 11) is 2.20. The van der Waals surface area contributed by atoms with E-state index in [2.05, 4.69) is 23.8 Å². The first-order valence-electron chi connectivity index (χ1n) is 7.54. The van der Waals surface area contributed by atoms with Gasteiger partial charge in [-0.25, -0.2) is 0 Å². The van der Waals surface area contributed by atoms with Crippen LogP contribution in [0.15, 0.2) is 18.2 Å². The molecule has 1 fully saturated rings. The van der Waals surface area contributed by atoms with E-state index in [0.717, 1.165) is 31.1 Å². The van der Waals surface area contributed by atoms with Crippen LogP contribution < -0.4 is 10.5 Å². The molecule has 1 heterocycles. The van der Waals surface area contributed by atoms with Gasteiger partial charge in [0.2, 0.25) is 0 Å². The number of anilines is 1. The number of likely N-dealkylation sites (N-methyl/N-ethyl adjacent to an activating group) is 1. The molecule has 4 heteroatoms. The Balaban J connectivity index is 2.13. The van der Waals surface area contributed by atoms with Gasteiger partial charge >= 0.3 is 0 Å². The molecule has 0 bridgehead atoms. The molecule has 1 aromatic carbocycles. The average Bonchev–Trinajstić information content (AvgIpc) is 2.55. The van der Waals surface area contributed by atoms with Crippen LogP contribution >= 0.6 is 0 Å². The molecule has 1 saturated heterocycles. The fourth-order valence-corrected chi connectivity index (χ4v) is 2.89. The molecule has 1 atom stereocenters. The summed E-state index contributed by atoms with van der Waals surface area (Å²) >= 11 is 0. The van der Waals surface area contributed by atoms with Gasteiger partial charge in [-0.2, -0.15) is 0 Å². The maximum absolute atomic E-state index is 5.93. The largest absolute Gasteiger partial charge is 0.494 e. The number of hydrogen-bond donors (Lipinski definition) is 1. The second-order valence-electron chi connectivity index (χ2n) is 5.74. The van der Waals surface area contributed by atoms with E-state index in [9.17, 15) is 0 Å². The van der Waals surface area contributed by atoms with E-state index in [1.807, 2.05) is 25.1 Å². The van der Waals surface area contributed by atoms with Crippen molar-refractivity contribution in [2.45, 2.75) is 32.9 Å². The van der Waals surface area contributed by atoms with Crippen molar-refractivity contribution in [3.05, 3.63) is 23.8 Å². The summed E-state index contributed by atoms with van der Waals surface area (Å²) in [6.45, 7) is 9.34. The number of rotatable bonds is 4. The highest BCUT2D eigenvalue weighted by Crippen LogP contribution is 2.24. The van der Waals surface area contributed by atoms with Crippen LogP contribution in [0.2, 0.25) is 0 Å². The predicted octanol–water partition coefficient (Wildman–Crippen LogP) is 2.19. The summed E-state index contributed by atoms with van der Waals surface area (Å²) in [5, 5.41) is 0. The van der Waals surface area contributed by atoms with E-state index in [1.54, 1.807) is 0 Å². The fraction of sp³-hybridized carbons (Fsp3) is 0.625. The molecule has 1 aliphatic heterocycles. The Bertz CT molecular complexity index is 436. The van der Waals surface area contributed by atoms with E-state index < -0.39 is 0 Å². The maximum atomic E-state index is 5.93. The number of nitrogens with zero attached hydrogens (tertiary/aromatic N) is 2. The summed E-state index contributed by atoms with van der Waals surface area (Å²) < 4.78 is 5.73. The van der Waals surface area contributed by atoms with E-state index in [-0.39, 0.29) is 0 Å². The van der Waals surface area contributed by atoms with Gasteiger partial charge in [-0.15, -0.1) is 0 Å². The lowest BCUT2D eigenvalue weighted by Gasteiger charge is -2.28. The first kappa shape index (κ1) is 15.1. The van der Waals surface area contributed by atoms with Crippen LogP contribution in [0.25, 0.3) is 0 Å². The zero-order valence-electron chi connectivity index (χ0n) is 12.9. The molecule has 0 aromatic heterocycles. The van der Waals surface area contributed by atoms with Crippen molar-refractivity contribution in [2.24, 2.45) is 0 Å². The van der Waals surface area contributed by atoms with Crippen LogP contribution in [0.4, 0.5) is 5.69 Å². The third-order valence-electron chi connectivity index (χ3n) is 3.94. The van der Waals surface area contributed by atoms with Crippen LogP contribution in [0.1, 0.15) is 25.8 Å². The number of nitrogen functional groups attached to an aromatic ring is 1. The van der Waals surface area contributed by atoms with Gasteiger partial charge in [-0.05, 0) is 52.1 Å². The van der Waals surface area contributed by atoms with Crippen LogP contribution in [-0.4, -0.2) is 49.1 Å². The second kappa shape index (κ2) is 6.95. The van der Waals surface area contributed by atoms with Crippen molar-refractivity contribution in [1.82, 2.24) is 9.80 Å². The summed E-state index contributed by atoms with van der Waals surface area (Å²) in [5.74, 6) is 0.964. The molecule has 0 aliphatic carbocycles. The number of benzene rings is 1. The van der Waals surface area contributed by atoms with E-state index >= 15 is 0 Å². The highest BCUT2D eigenvalue weighted by atomic mass is 16.5. The standard InChI is InChI=1S/C16H27N3O/c1-4-20-16-7-6-15(17)10-14(16)12-19-9-5-8-18(3)11-13(19)2/h6-7,10,13H,4-5,8-9,11-12,17H2,1-3H3. The molecule has 2 rings (SSSR count). The molecular formula is C16H27N3O. The van der Waals surface area contributed by atoms with Crippen LogP contribution in [-0.2, 0) is 6.54 Å². The Morgan fingerprint density at radius 2 is 2.15 bits per heavy atom. The molecule has 4 nitrogen and oxygen atoms in total. The minimum atomic E-state index is 0.554. The van der Waals surface area contributed by atoms with Gasteiger partial charge in [0.15, 0.2) is 0 Å². The predicted molar refractivity (Wildman–Crippen MR) is 84.0 cm³/mol. The molecule has 112 valence electrons. The lowest BCUT2D eigenvalue weighted by atomic mass is 10.1. The summed E-state index contributed by atoms with van der Waals surface area (Å²) in [4.78, 5) is 4.94. The van der Waals surface area contributed by atoms with Gasteiger partial charge in [-0.3, -0.25) is 4.90 Å². The minimum Gasteiger partial charge on any atom is -0.494 e. The zero-order chi connectivity index (χ0) is 14.5. The molecule has 2 N–H and O–H groups in total. The van der Waals surface area contributed by atoms with Crippen LogP contribution in [0.5, 0.6) is 5.75 Å². The lowest BCUT2D eigenvalue weighted by molar-refractivity contribution is 0.191. The summed E-state index contributed by atoms with van der Waals surface area (Å²) in [6, 6.07) is 6.50. The Morgan fingerprint density at radius 3 is 2.90 bits per heavy atom. The highest BCUT2D eigenvalue weighted by molar-refractivity contribution is 5.47. The van der Waals surface area contributed by atoms with E-state index in [1.165, 1.54) is 18.5 Å². The van der Waals surface area contributed by atoms with Gasteiger partial charge in [-0.1, -0.05) is 0 Å². The summed E-state index contributed by atoms with van der Waals surface area (Å²) in [6.07, 6.45) is 1.22. The van der Waals surface area contributed by atoms with Gasteiger partial charge in [0.1, 0.15) is 5.75 Å². The Morgan fingerprint density at radius 1 is 1.35 bits per heavy atom. The molecule has 1 aliphatic rings. The van der Waals surface area contributed by atoms with Gasteiger partial charge in [0, 0.05) is 36.9 Å². The normalized spacial score (nSPS) is 21.6. The third-order valence-corrected chi connectivity index (χ3v) is 3.94. The van der Waals surface area contributed by atoms with Crippen molar-refractivity contribution in [2.75, 3.05) is 39.0 Å². The summed E-state index contributed by atoms with van der Waals surface area (Å²) in [5.41, 5.74) is 7.94. The molecular weight excluding hydrogens is 250 g/mol. The van der Waals surface area contributed by atoms with Crippen LogP contribution in [0, 0.1) is 0 Å². The van der Waals surface area contributed by atoms with E-state index in [4.69, 9.17) is 10.5 Å². The quantitative estimate of drug-likeness (QED) is 0.857. The Hall–Kier alpha value is -1.26. The van der Waals surface area contributed by atoms with Crippen molar-refractivity contribution in [3.63, 3.8) is 0 Å². The van der Waals surface area contributed by atoms with E-state index in [0.29, 0.717) is 12.6 Å². The first-order valence-corrected chi connectivity index (χ1v) is 7.54. The van der Waals surface area contributed by atoms with Crippen molar-refractivity contribution in [3.8, 4) is 5.75 Å². The van der Waals surface area contributed by atoms with Gasteiger partial charge < -0.3 is 15.4 Å². The Labute approximate surface area is 122 Å². The number of hydrogen-bond acceptors (Lipinski definition) is 4. The molecule has 1 aromatic rings. The topological polar surface area (TPSA) is 41.7 Å². The highest BCUT2D eigenvalue weighted by Gasteiger charge is 2.20. The smallest absolute Gasteiger partial charge is 0.123 e. The van der Waals surface area contributed by atoms with Crippen LogP contribution in [0.3, 0.4) is 0 Å². The Kier molecular flexibility index (Phi) is 5.26. The molecule has 0 spiro atoms. The monoisotopic (exact) mass is 277 g/mol. The van der Waals surface area contributed by atoms with Crippen molar-refractivity contribution >= 4 is 5.69 Å². The molecule has 0 saturated carbocycles. The molecule has 1 unspecified atom stereocenters. The van der Waals surface area contributed by atoms with Gasteiger partial charge in [0.05, 0.1) is 6.61 Å². The minimum absolute atomic E-state index is 0.554. The zero-order valence-corrected chi connectivity index (χ0v) is 12.9. The molecule has 20 heavy (non-hydrogen) atoms. The number of nitrogens with two attached hydrogens (primary N) is 1. The molecule has 0 radical (unpaired) electrons. The van der Waals surface area contributed by atoms with Crippen molar-refractivity contribution < 1.29 is 4.74 Å². The lowest BCUT2D eigenvalue weighted by Crippen LogP contribution is -2.37. The average molecular weight is 277 g/mol. The second-order valence-corrected chi connectivity index (χ2v) is 5.74. The van der Waals surface area contributed by atoms with Gasteiger partial charge in [0.25, 0.3) is 0 Å². The first-order chi connectivity index (χ1) is 9.60. The SMILES string of the molecule is CCOc1ccc(N)cc1CN1CCCN(C)CC1C. The number of ether oxygens (including phenoxy) is 1. The van der Waals surface area contributed by atoms with Crippen molar-refractivity contribution in [1.29, 1.82) is 0 Å².